The van der Waals surface area contributed by atoms with Crippen molar-refractivity contribution in [2.75, 3.05) is 0 Å². The van der Waals surface area contributed by atoms with Crippen LogP contribution in [-0.2, 0) is 23.7 Å². The van der Waals surface area contributed by atoms with Gasteiger partial charge in [-0.2, -0.15) is 0 Å². The first-order valence-corrected chi connectivity index (χ1v) is 8.45. The summed E-state index contributed by atoms with van der Waals surface area (Å²) in [6, 6.07) is 0. The lowest BCUT2D eigenvalue weighted by molar-refractivity contribution is 0.418. The quantitative estimate of drug-likeness (QED) is 0.679. The van der Waals surface area contributed by atoms with Gasteiger partial charge in [-0.15, -0.1) is 6.58 Å². The standard InChI is InChI=1S/C21H34O/c1-10-12-15-14(3)16(13-11-2)18(21(7,8)9)19(22)17(15)20(4,5)6/h10,22H,1,11-13H2,2-9H3. The van der Waals surface area contributed by atoms with E-state index in [0.29, 0.717) is 5.75 Å². The molecule has 0 radical (unpaired) electrons. The van der Waals surface area contributed by atoms with E-state index in [1.807, 2.05) is 6.08 Å². The zero-order chi connectivity index (χ0) is 17.3. The topological polar surface area (TPSA) is 20.2 Å². The molecule has 0 aliphatic rings. The third-order valence-corrected chi connectivity index (χ3v) is 4.33. The minimum absolute atomic E-state index is 0.0634. The normalized spacial score (nSPS) is 12.5. The molecular weight excluding hydrogens is 268 g/mol. The summed E-state index contributed by atoms with van der Waals surface area (Å²) < 4.78 is 0. The smallest absolute Gasteiger partial charge is 0.123 e. The summed E-state index contributed by atoms with van der Waals surface area (Å²) in [7, 11) is 0. The molecule has 0 aliphatic heterocycles. The Balaban J connectivity index is 3.94. The highest BCUT2D eigenvalue weighted by Crippen LogP contribution is 2.45. The molecule has 1 aromatic carbocycles. The Morgan fingerprint density at radius 2 is 1.41 bits per heavy atom. The Kier molecular flexibility index (Phi) is 5.54. The van der Waals surface area contributed by atoms with Gasteiger partial charge in [0.25, 0.3) is 0 Å². The molecule has 0 aliphatic carbocycles. The van der Waals surface area contributed by atoms with E-state index in [-0.39, 0.29) is 10.8 Å². The van der Waals surface area contributed by atoms with Crippen LogP contribution in [0.5, 0.6) is 5.75 Å². The van der Waals surface area contributed by atoms with Crippen LogP contribution in [0.4, 0.5) is 0 Å². The van der Waals surface area contributed by atoms with Gasteiger partial charge < -0.3 is 5.11 Å². The van der Waals surface area contributed by atoms with Crippen LogP contribution in [0.1, 0.15) is 82.7 Å². The molecular formula is C21H34O. The van der Waals surface area contributed by atoms with Gasteiger partial charge >= 0.3 is 0 Å². The lowest BCUT2D eigenvalue weighted by Crippen LogP contribution is -2.23. The number of allylic oxidation sites excluding steroid dienone is 1. The maximum absolute atomic E-state index is 11.2. The number of phenols is 1. The lowest BCUT2D eigenvalue weighted by atomic mass is 9.72. The van der Waals surface area contributed by atoms with Crippen LogP contribution >= 0.6 is 0 Å². The number of aromatic hydroxyl groups is 1. The fourth-order valence-electron chi connectivity index (χ4n) is 3.55. The number of benzene rings is 1. The number of rotatable bonds is 4. The Morgan fingerprint density at radius 3 is 1.77 bits per heavy atom. The van der Waals surface area contributed by atoms with Crippen LogP contribution in [0.2, 0.25) is 0 Å². The van der Waals surface area contributed by atoms with E-state index in [4.69, 9.17) is 0 Å². The minimum atomic E-state index is -0.0854. The highest BCUT2D eigenvalue weighted by molar-refractivity contribution is 5.60. The van der Waals surface area contributed by atoms with Gasteiger partial charge in [-0.25, -0.2) is 0 Å². The molecule has 1 rings (SSSR count). The predicted octanol–water partition coefficient (Wildman–Crippen LogP) is 5.98. The van der Waals surface area contributed by atoms with Crippen molar-refractivity contribution in [3.8, 4) is 5.75 Å². The van der Waals surface area contributed by atoms with E-state index in [2.05, 4.69) is 62.0 Å². The van der Waals surface area contributed by atoms with Crippen molar-refractivity contribution in [2.45, 2.75) is 85.5 Å². The van der Waals surface area contributed by atoms with Crippen molar-refractivity contribution in [1.82, 2.24) is 0 Å². The lowest BCUT2D eigenvalue weighted by Gasteiger charge is -2.33. The number of hydrogen-bond acceptors (Lipinski definition) is 1. The molecule has 0 fully saturated rings. The van der Waals surface area contributed by atoms with Crippen LogP contribution in [-0.4, -0.2) is 5.11 Å². The molecule has 0 heterocycles. The largest absolute Gasteiger partial charge is 0.507 e. The van der Waals surface area contributed by atoms with E-state index in [1.165, 1.54) is 16.7 Å². The van der Waals surface area contributed by atoms with Gasteiger partial charge in [0, 0.05) is 11.1 Å². The first-order valence-electron chi connectivity index (χ1n) is 8.45. The van der Waals surface area contributed by atoms with Crippen LogP contribution in [0.3, 0.4) is 0 Å². The zero-order valence-electron chi connectivity index (χ0n) is 15.9. The Hall–Kier alpha value is -1.24. The molecule has 0 unspecified atom stereocenters. The number of phenolic OH excluding ortho intramolecular Hbond substituents is 1. The Labute approximate surface area is 137 Å². The van der Waals surface area contributed by atoms with Crippen LogP contribution < -0.4 is 0 Å². The van der Waals surface area contributed by atoms with E-state index in [0.717, 1.165) is 30.4 Å². The second-order valence-electron chi connectivity index (χ2n) is 8.42. The molecule has 0 saturated heterocycles. The van der Waals surface area contributed by atoms with Crippen LogP contribution in [0.15, 0.2) is 12.7 Å². The second-order valence-corrected chi connectivity index (χ2v) is 8.42. The molecule has 0 amide bonds. The van der Waals surface area contributed by atoms with Crippen molar-refractivity contribution in [1.29, 1.82) is 0 Å². The maximum Gasteiger partial charge on any atom is 0.123 e. The van der Waals surface area contributed by atoms with Crippen molar-refractivity contribution >= 4 is 0 Å². The first kappa shape index (κ1) is 18.8. The Morgan fingerprint density at radius 1 is 0.955 bits per heavy atom. The van der Waals surface area contributed by atoms with Crippen molar-refractivity contribution in [3.05, 3.63) is 40.5 Å². The molecule has 0 saturated carbocycles. The molecule has 1 aromatic rings. The summed E-state index contributed by atoms with van der Waals surface area (Å²) in [6.45, 7) is 21.5. The third kappa shape index (κ3) is 3.56. The maximum atomic E-state index is 11.2. The highest BCUT2D eigenvalue weighted by atomic mass is 16.3. The van der Waals surface area contributed by atoms with E-state index in [1.54, 1.807) is 0 Å². The molecule has 124 valence electrons. The molecule has 0 bridgehead atoms. The third-order valence-electron chi connectivity index (χ3n) is 4.33. The van der Waals surface area contributed by atoms with E-state index in [9.17, 15) is 5.11 Å². The SMILES string of the molecule is C=CCc1c(C)c(CCC)c(C(C)(C)C)c(O)c1C(C)(C)C. The average Bonchev–Trinajstić information content (AvgIpc) is 2.32. The summed E-state index contributed by atoms with van der Waals surface area (Å²) in [5, 5.41) is 11.2. The van der Waals surface area contributed by atoms with Crippen LogP contribution in [0.25, 0.3) is 0 Å². The summed E-state index contributed by atoms with van der Waals surface area (Å²) >= 11 is 0. The molecule has 22 heavy (non-hydrogen) atoms. The second kappa shape index (κ2) is 6.48. The average molecular weight is 303 g/mol. The minimum Gasteiger partial charge on any atom is -0.507 e. The number of hydrogen-bond donors (Lipinski definition) is 1. The van der Waals surface area contributed by atoms with Gasteiger partial charge in [0.15, 0.2) is 0 Å². The molecule has 1 nitrogen and oxygen atoms in total. The van der Waals surface area contributed by atoms with E-state index >= 15 is 0 Å². The van der Waals surface area contributed by atoms with Crippen molar-refractivity contribution in [2.24, 2.45) is 0 Å². The molecule has 1 heteroatoms. The fourth-order valence-corrected chi connectivity index (χ4v) is 3.55. The molecule has 0 spiro atoms. The predicted molar refractivity (Wildman–Crippen MR) is 98.1 cm³/mol. The monoisotopic (exact) mass is 302 g/mol. The van der Waals surface area contributed by atoms with Gasteiger partial charge in [0.2, 0.25) is 0 Å². The molecule has 0 aromatic heterocycles. The van der Waals surface area contributed by atoms with Crippen LogP contribution in [0, 0.1) is 6.92 Å². The summed E-state index contributed by atoms with van der Waals surface area (Å²) in [6.07, 6.45) is 4.86. The van der Waals surface area contributed by atoms with Gasteiger partial charge in [-0.05, 0) is 47.3 Å². The van der Waals surface area contributed by atoms with Crippen molar-refractivity contribution < 1.29 is 5.11 Å². The molecule has 0 atom stereocenters. The summed E-state index contributed by atoms with van der Waals surface area (Å²) in [5.74, 6) is 0.505. The van der Waals surface area contributed by atoms with Gasteiger partial charge in [0.1, 0.15) is 5.75 Å². The summed E-state index contributed by atoms with van der Waals surface area (Å²) in [5.41, 5.74) is 6.01. The molecule has 1 N–H and O–H groups in total. The fraction of sp³-hybridized carbons (Fsp3) is 0.619. The first-order chi connectivity index (χ1) is 9.96. The van der Waals surface area contributed by atoms with Gasteiger partial charge in [0.05, 0.1) is 0 Å². The highest BCUT2D eigenvalue weighted by Gasteiger charge is 2.32. The zero-order valence-corrected chi connectivity index (χ0v) is 15.9. The Bertz CT molecular complexity index is 551. The van der Waals surface area contributed by atoms with Gasteiger partial charge in [-0.3, -0.25) is 0 Å². The van der Waals surface area contributed by atoms with E-state index < -0.39 is 0 Å². The van der Waals surface area contributed by atoms with Crippen molar-refractivity contribution in [3.63, 3.8) is 0 Å². The summed E-state index contributed by atoms with van der Waals surface area (Å²) in [4.78, 5) is 0. The van der Waals surface area contributed by atoms with Gasteiger partial charge in [-0.1, -0.05) is 61.0 Å².